The molecule has 0 bridgehead atoms. The normalized spacial score (nSPS) is 12.1. The van der Waals surface area contributed by atoms with E-state index in [0.29, 0.717) is 6.54 Å². The molecule has 0 unspecified atom stereocenters. The number of nitrogens with zero attached hydrogens (tertiary/aromatic N) is 1. The highest BCUT2D eigenvalue weighted by molar-refractivity contribution is 6.03. The monoisotopic (exact) mass is 700 g/mol. The third-order valence-electron chi connectivity index (χ3n) is 10.3. The summed E-state index contributed by atoms with van der Waals surface area (Å²) in [6.45, 7) is 2.82. The lowest BCUT2D eigenvalue weighted by Gasteiger charge is -2.12. The van der Waals surface area contributed by atoms with Crippen LogP contribution >= 0.6 is 0 Å². The first-order valence-electron chi connectivity index (χ1n) is 18.8. The highest BCUT2D eigenvalue weighted by Gasteiger charge is 2.20. The average molecular weight is 701 g/mol. The summed E-state index contributed by atoms with van der Waals surface area (Å²) in [4.78, 5) is 0. The van der Waals surface area contributed by atoms with Gasteiger partial charge in [-0.05, 0) is 90.1 Å². The van der Waals surface area contributed by atoms with Crippen LogP contribution in [0.4, 0.5) is 0 Å². The molecular formula is C51H44N2O. The first kappa shape index (κ1) is 34.7. The zero-order valence-electron chi connectivity index (χ0n) is 30.9. The van der Waals surface area contributed by atoms with Gasteiger partial charge in [0, 0.05) is 39.7 Å². The summed E-state index contributed by atoms with van der Waals surface area (Å²) in [6, 6.07) is 54.7. The molecule has 3 heteroatoms. The number of hydrogen-bond acceptors (Lipinski definition) is 2. The summed E-state index contributed by atoms with van der Waals surface area (Å²) in [7, 11) is 1.50. The van der Waals surface area contributed by atoms with Gasteiger partial charge < -0.3 is 14.7 Å². The van der Waals surface area contributed by atoms with Gasteiger partial charge in [-0.3, -0.25) is 0 Å². The van der Waals surface area contributed by atoms with Crippen LogP contribution in [0.1, 0.15) is 41.5 Å². The molecule has 2 aromatic heterocycles. The smallest absolute Gasteiger partial charge is 0.142 e. The van der Waals surface area contributed by atoms with Crippen molar-refractivity contribution in [1.82, 2.24) is 4.57 Å². The van der Waals surface area contributed by atoms with Crippen LogP contribution in [0.25, 0.3) is 73.0 Å². The highest BCUT2D eigenvalue weighted by Crippen LogP contribution is 2.41. The summed E-state index contributed by atoms with van der Waals surface area (Å²) in [5, 5.41) is 2.47. The molecule has 0 fully saturated rings. The lowest BCUT2D eigenvalue weighted by atomic mass is 9.95. The van der Waals surface area contributed by atoms with Crippen LogP contribution in [0.15, 0.2) is 174 Å². The summed E-state index contributed by atoms with van der Waals surface area (Å²) < 4.78 is 8.97. The van der Waals surface area contributed by atoms with Gasteiger partial charge in [0.05, 0.1) is 5.52 Å². The lowest BCUT2D eigenvalue weighted by molar-refractivity contribution is 0.596. The first-order chi connectivity index (χ1) is 26.8. The zero-order chi connectivity index (χ0) is 36.9. The highest BCUT2D eigenvalue weighted by atomic mass is 16.3. The Hall–Kier alpha value is -6.42. The summed E-state index contributed by atoms with van der Waals surface area (Å²) >= 11 is 0. The summed E-state index contributed by atoms with van der Waals surface area (Å²) in [5.41, 5.74) is 20.0. The van der Waals surface area contributed by atoms with Gasteiger partial charge >= 0.3 is 0 Å². The minimum atomic E-state index is 0.714. The number of aryl methyl sites for hydroxylation is 1. The summed E-state index contributed by atoms with van der Waals surface area (Å²) in [5.74, 6) is 0.999. The van der Waals surface area contributed by atoms with Gasteiger partial charge in [-0.1, -0.05) is 158 Å². The van der Waals surface area contributed by atoms with Crippen LogP contribution in [-0.4, -0.2) is 11.6 Å². The fourth-order valence-electron chi connectivity index (χ4n) is 7.90. The predicted octanol–water partition coefficient (Wildman–Crippen LogP) is 13.1. The molecule has 0 aliphatic heterocycles. The largest absolute Gasteiger partial charge is 0.456 e. The molecule has 0 saturated heterocycles. The number of hydrogen-bond donors (Lipinski definition) is 1. The maximum absolute atomic E-state index is 6.48. The van der Waals surface area contributed by atoms with Crippen molar-refractivity contribution in [2.75, 3.05) is 7.05 Å². The molecule has 0 spiro atoms. The Balaban J connectivity index is 0.00000203. The van der Waals surface area contributed by atoms with Crippen molar-refractivity contribution < 1.29 is 4.42 Å². The average Bonchev–Trinajstić information content (AvgIpc) is 3.78. The number of rotatable bonds is 8. The van der Waals surface area contributed by atoms with Crippen LogP contribution in [0, 0.1) is 0 Å². The Morgan fingerprint density at radius 1 is 0.667 bits per heavy atom. The van der Waals surface area contributed by atoms with E-state index in [9.17, 15) is 0 Å². The van der Waals surface area contributed by atoms with E-state index in [2.05, 4.69) is 199 Å². The maximum atomic E-state index is 6.48. The third kappa shape index (κ3) is 6.55. The molecule has 54 heavy (non-hydrogen) atoms. The second-order valence-corrected chi connectivity index (χ2v) is 13.5. The maximum Gasteiger partial charge on any atom is 0.142 e. The lowest BCUT2D eigenvalue weighted by Crippen LogP contribution is -2.00. The van der Waals surface area contributed by atoms with E-state index in [0.717, 1.165) is 35.3 Å². The quantitative estimate of drug-likeness (QED) is 0.171. The van der Waals surface area contributed by atoms with Crippen LogP contribution < -0.4 is 5.73 Å². The van der Waals surface area contributed by atoms with Gasteiger partial charge in [0.15, 0.2) is 0 Å². The van der Waals surface area contributed by atoms with Gasteiger partial charge in [-0.2, -0.15) is 0 Å². The molecule has 0 atom stereocenters. The van der Waals surface area contributed by atoms with Gasteiger partial charge in [-0.15, -0.1) is 0 Å². The van der Waals surface area contributed by atoms with Gasteiger partial charge in [0.2, 0.25) is 0 Å². The van der Waals surface area contributed by atoms with E-state index in [1.807, 2.05) is 0 Å². The number of nitrogens with two attached hydrogens (primary N) is 1. The van der Waals surface area contributed by atoms with Crippen molar-refractivity contribution in [1.29, 1.82) is 0 Å². The molecule has 8 aromatic rings. The topological polar surface area (TPSA) is 44.1 Å². The molecule has 2 heterocycles. The fourth-order valence-corrected chi connectivity index (χ4v) is 7.90. The molecule has 3 nitrogen and oxygen atoms in total. The zero-order valence-corrected chi connectivity index (χ0v) is 30.9. The molecule has 264 valence electrons. The van der Waals surface area contributed by atoms with Gasteiger partial charge in [0.1, 0.15) is 11.3 Å². The van der Waals surface area contributed by atoms with E-state index in [4.69, 9.17) is 4.42 Å². The second kappa shape index (κ2) is 15.7. The van der Waals surface area contributed by atoms with E-state index >= 15 is 0 Å². The third-order valence-corrected chi connectivity index (χ3v) is 10.3. The minimum Gasteiger partial charge on any atom is -0.456 e. The number of allylic oxidation sites excluding steroid dienone is 3. The molecule has 0 amide bonds. The van der Waals surface area contributed by atoms with E-state index < -0.39 is 0 Å². The van der Waals surface area contributed by atoms with Crippen molar-refractivity contribution >= 4 is 39.6 Å². The Kier molecular flexibility index (Phi) is 10.1. The predicted molar refractivity (Wildman–Crippen MR) is 230 cm³/mol. The first-order valence-corrected chi connectivity index (χ1v) is 18.8. The fraction of sp³-hybridized carbons (Fsp3) is 0.0980. The minimum absolute atomic E-state index is 0.714. The van der Waals surface area contributed by atoms with Gasteiger partial charge in [-0.25, -0.2) is 0 Å². The van der Waals surface area contributed by atoms with Crippen molar-refractivity contribution in [3.05, 3.63) is 198 Å². The van der Waals surface area contributed by atoms with Crippen molar-refractivity contribution in [2.45, 2.75) is 26.3 Å². The number of aromatic nitrogens is 1. The van der Waals surface area contributed by atoms with E-state index in [1.165, 1.54) is 73.5 Å². The Bertz CT molecular complexity index is 2600. The standard InChI is InChI=1S/C50H39NO.CH5N/c1-2-16-46-49(37-21-10-5-11-22-37)45-30-29-39(34-47(45)51(46)32-31-41(35-17-6-3-7-18-35)36-19-8-4-9-20-36)38-23-14-24-40(33-38)42-26-15-27-44-43-25-12-13-28-48(43)52-50(42)44;1-2/h2-11,13-24,26-31,33-34H,12,25,32H2,1H3;2H2,1H3/b16-2-;. The molecular weight excluding hydrogens is 657 g/mol. The molecule has 9 rings (SSSR count). The molecule has 2 N–H and O–H groups in total. The Morgan fingerprint density at radius 2 is 1.31 bits per heavy atom. The van der Waals surface area contributed by atoms with Crippen LogP contribution in [0.5, 0.6) is 0 Å². The molecule has 0 saturated carbocycles. The number of para-hydroxylation sites is 1. The van der Waals surface area contributed by atoms with Crippen molar-refractivity contribution in [2.24, 2.45) is 5.73 Å². The molecule has 0 radical (unpaired) electrons. The summed E-state index contributed by atoms with van der Waals surface area (Å²) in [6.07, 6.45) is 13.2. The number of benzene rings is 6. The molecule has 6 aromatic carbocycles. The Labute approximate surface area is 318 Å². The number of fused-ring (bicyclic) bond motifs is 4. The molecule has 1 aliphatic carbocycles. The van der Waals surface area contributed by atoms with Crippen molar-refractivity contribution in [3.8, 4) is 33.4 Å². The van der Waals surface area contributed by atoms with Crippen molar-refractivity contribution in [3.63, 3.8) is 0 Å². The van der Waals surface area contributed by atoms with E-state index in [1.54, 1.807) is 0 Å². The van der Waals surface area contributed by atoms with E-state index in [-0.39, 0.29) is 0 Å². The van der Waals surface area contributed by atoms with Crippen LogP contribution in [0.2, 0.25) is 0 Å². The van der Waals surface area contributed by atoms with Crippen LogP contribution in [-0.2, 0) is 13.0 Å². The van der Waals surface area contributed by atoms with Gasteiger partial charge in [0.25, 0.3) is 0 Å². The second-order valence-electron chi connectivity index (χ2n) is 13.5. The SMILES string of the molecule is C/C=C\c1c(-c2ccccc2)c2ccc(-c3cccc(-c4cccc5c6c(oc45)C=CCC6)c3)cc2n1CC=C(c1ccccc1)c1ccccc1.CN. The Morgan fingerprint density at radius 3 is 2.04 bits per heavy atom. The van der Waals surface area contributed by atoms with Crippen LogP contribution in [0.3, 0.4) is 0 Å². The molecule has 1 aliphatic rings. The number of furan rings is 1.